The van der Waals surface area contributed by atoms with Crippen LogP contribution >= 0.6 is 23.2 Å². The van der Waals surface area contributed by atoms with E-state index >= 15 is 0 Å². The third-order valence-corrected chi connectivity index (χ3v) is 8.35. The summed E-state index contributed by atoms with van der Waals surface area (Å²) in [4.78, 5) is 37.5. The molecule has 4 aliphatic rings. The van der Waals surface area contributed by atoms with Crippen LogP contribution in [-0.2, 0) is 0 Å². The highest BCUT2D eigenvalue weighted by Crippen LogP contribution is 2.38. The van der Waals surface area contributed by atoms with Crippen LogP contribution < -0.4 is 20.9 Å². The van der Waals surface area contributed by atoms with Gasteiger partial charge in [0.2, 0.25) is 0 Å². The minimum atomic E-state index is -0.378. The Morgan fingerprint density at radius 3 is 2.39 bits per heavy atom. The highest BCUT2D eigenvalue weighted by atomic mass is 35.5. The van der Waals surface area contributed by atoms with Gasteiger partial charge in [-0.3, -0.25) is 19.6 Å². The van der Waals surface area contributed by atoms with Crippen LogP contribution in [0.15, 0.2) is 64.8 Å². The van der Waals surface area contributed by atoms with Gasteiger partial charge in [0.25, 0.3) is 5.91 Å². The number of urea groups is 1. The van der Waals surface area contributed by atoms with Crippen molar-refractivity contribution in [2.45, 2.75) is 18.9 Å². The number of likely N-dealkylation sites (tertiary alicyclic amines) is 1. The molecule has 4 heterocycles. The van der Waals surface area contributed by atoms with Crippen molar-refractivity contribution in [2.24, 2.45) is 4.99 Å². The number of amides is 3. The minimum Gasteiger partial charge on any atom is -0.367 e. The maximum absolute atomic E-state index is 13.6. The number of nitrogens with zero attached hydrogens (tertiary/aromatic N) is 4. The van der Waals surface area contributed by atoms with E-state index in [9.17, 15) is 9.59 Å². The van der Waals surface area contributed by atoms with Crippen LogP contribution in [0.25, 0.3) is 0 Å². The van der Waals surface area contributed by atoms with Gasteiger partial charge in [0, 0.05) is 79.8 Å². The van der Waals surface area contributed by atoms with Crippen molar-refractivity contribution >= 4 is 57.9 Å². The average molecular weight is 595 g/mol. The zero-order valence-electron chi connectivity index (χ0n) is 22.7. The third kappa shape index (κ3) is 6.13. The Morgan fingerprint density at radius 2 is 1.76 bits per heavy atom. The molecule has 2 fully saturated rings. The van der Waals surface area contributed by atoms with E-state index in [4.69, 9.17) is 23.2 Å². The second-order valence-corrected chi connectivity index (χ2v) is 11.5. The van der Waals surface area contributed by atoms with Crippen LogP contribution in [0.1, 0.15) is 34.8 Å². The Hall–Kier alpha value is -3.37. The van der Waals surface area contributed by atoms with Gasteiger partial charge in [-0.25, -0.2) is 4.79 Å². The summed E-state index contributed by atoms with van der Waals surface area (Å²) in [5, 5.41) is 10.4. The summed E-state index contributed by atoms with van der Waals surface area (Å²) in [6, 6.07) is 11.1. The number of anilines is 3. The van der Waals surface area contributed by atoms with Crippen molar-refractivity contribution in [1.29, 1.82) is 0 Å². The maximum atomic E-state index is 13.6. The second kappa shape index (κ2) is 12.2. The molecule has 2 aromatic rings. The molecule has 1 atom stereocenters. The molecule has 0 spiro atoms. The minimum absolute atomic E-state index is 0.194. The van der Waals surface area contributed by atoms with Gasteiger partial charge < -0.3 is 20.9 Å². The smallest absolute Gasteiger partial charge is 0.326 e. The molecule has 0 bridgehead atoms. The summed E-state index contributed by atoms with van der Waals surface area (Å²) in [5.41, 5.74) is 4.59. The van der Waals surface area contributed by atoms with Crippen molar-refractivity contribution in [3.05, 3.63) is 75.9 Å². The fourth-order valence-electron chi connectivity index (χ4n) is 5.50. The summed E-state index contributed by atoms with van der Waals surface area (Å²) in [7, 11) is 0. The Kier molecular flexibility index (Phi) is 8.30. The zero-order valence-corrected chi connectivity index (χ0v) is 24.2. The predicted octanol–water partition coefficient (Wildman–Crippen LogP) is 5.08. The Balaban J connectivity index is 1.27. The lowest BCUT2D eigenvalue weighted by Gasteiger charge is -2.41. The topological polar surface area (TPSA) is 92.3 Å². The van der Waals surface area contributed by atoms with E-state index in [1.54, 1.807) is 24.4 Å². The third-order valence-electron chi connectivity index (χ3n) is 7.89. The van der Waals surface area contributed by atoms with E-state index < -0.39 is 0 Å². The number of halogens is 2. The molecule has 6 rings (SSSR count). The van der Waals surface area contributed by atoms with Gasteiger partial charge in [0.1, 0.15) is 0 Å². The fraction of sp³-hybridized carbons (Fsp3) is 0.367. The summed E-state index contributed by atoms with van der Waals surface area (Å²) in [6.07, 6.45) is 7.35. The molecule has 0 radical (unpaired) electrons. The molecule has 9 nitrogen and oxygen atoms in total. The summed E-state index contributed by atoms with van der Waals surface area (Å²) >= 11 is 12.7. The first-order valence-electron chi connectivity index (χ1n) is 14.0. The van der Waals surface area contributed by atoms with Crippen molar-refractivity contribution in [3.63, 3.8) is 0 Å². The molecule has 4 aliphatic heterocycles. The van der Waals surface area contributed by atoms with Crippen LogP contribution in [-0.4, -0.2) is 79.8 Å². The summed E-state index contributed by atoms with van der Waals surface area (Å²) < 4.78 is 0. The second-order valence-electron chi connectivity index (χ2n) is 10.6. The Labute approximate surface area is 249 Å². The number of allylic oxidation sites excluding steroid dienone is 2. The van der Waals surface area contributed by atoms with E-state index in [1.165, 1.54) is 17.0 Å². The Bertz CT molecular complexity index is 1410. The number of rotatable bonds is 7. The molecule has 11 heteroatoms. The molecule has 1 unspecified atom stereocenters. The lowest BCUT2D eigenvalue weighted by Crippen LogP contribution is -2.45. The molecule has 0 aliphatic carbocycles. The van der Waals surface area contributed by atoms with Crippen LogP contribution in [0, 0.1) is 0 Å². The largest absolute Gasteiger partial charge is 0.367 e. The van der Waals surface area contributed by atoms with Crippen molar-refractivity contribution < 1.29 is 9.59 Å². The quantitative estimate of drug-likeness (QED) is 0.416. The molecular weight excluding hydrogens is 561 g/mol. The van der Waals surface area contributed by atoms with Gasteiger partial charge in [-0.2, -0.15) is 0 Å². The summed E-state index contributed by atoms with van der Waals surface area (Å²) in [6.45, 7) is 6.38. The number of aliphatic imine (C=N–C) groups is 1. The van der Waals surface area contributed by atoms with Gasteiger partial charge in [0.05, 0.1) is 29.6 Å². The first-order chi connectivity index (χ1) is 20.0. The lowest BCUT2D eigenvalue weighted by molar-refractivity contribution is 0.102. The standard InChI is InChI=1S/C30H33Cl2N7O2/c31-22-3-1-12-39(19-22)30(41)35-25-17-23(32)18-26(37-15-10-33-11-16-37)27(25)36-29(40)21-6-4-20(5-7-21)28(24-8-9-34-24)38-13-2-14-38/h1,3-7,12,17-18,28,33H,2,8-11,13-16,19H2,(H,35,41)(H,36,40). The molecule has 41 heavy (non-hydrogen) atoms. The highest BCUT2D eigenvalue weighted by Gasteiger charge is 2.31. The molecule has 2 aromatic carbocycles. The van der Waals surface area contributed by atoms with Gasteiger partial charge in [0.15, 0.2) is 0 Å². The number of piperazine rings is 1. The fourth-order valence-corrected chi connectivity index (χ4v) is 5.92. The normalized spacial score (nSPS) is 19.5. The number of carbonyl (C=O) groups excluding carboxylic acids is 2. The first-order valence-corrected chi connectivity index (χ1v) is 14.8. The van der Waals surface area contributed by atoms with E-state index in [-0.39, 0.29) is 24.5 Å². The van der Waals surface area contributed by atoms with Crippen molar-refractivity contribution in [3.8, 4) is 0 Å². The number of carbonyl (C=O) groups is 2. The van der Waals surface area contributed by atoms with Crippen LogP contribution in [0.4, 0.5) is 21.9 Å². The first kappa shape index (κ1) is 27.8. The van der Waals surface area contributed by atoms with Crippen molar-refractivity contribution in [2.75, 3.05) is 67.9 Å². The summed E-state index contributed by atoms with van der Waals surface area (Å²) in [5.74, 6) is -0.268. The molecule has 0 aromatic heterocycles. The van der Waals surface area contributed by atoms with Gasteiger partial charge in [-0.15, -0.1) is 0 Å². The lowest BCUT2D eigenvalue weighted by atomic mass is 9.92. The maximum Gasteiger partial charge on any atom is 0.326 e. The molecule has 3 N–H and O–H groups in total. The molecule has 2 saturated heterocycles. The van der Waals surface area contributed by atoms with E-state index in [2.05, 4.69) is 30.7 Å². The predicted molar refractivity (Wildman–Crippen MR) is 166 cm³/mol. The molecular formula is C30H33Cl2N7O2. The van der Waals surface area contributed by atoms with Gasteiger partial charge in [-0.05, 0) is 48.4 Å². The highest BCUT2D eigenvalue weighted by molar-refractivity contribution is 6.32. The Morgan fingerprint density at radius 1 is 1.00 bits per heavy atom. The molecule has 214 valence electrons. The SMILES string of the molecule is O=C(Nc1c(NC(=O)N2C=CC=C(Cl)C2)cc(Cl)cc1N1CCNCC1)c1ccc(C(C2=NCC2)N2CCC2)cc1. The molecule has 0 saturated carbocycles. The van der Waals surface area contributed by atoms with Crippen LogP contribution in [0.5, 0.6) is 0 Å². The van der Waals surface area contributed by atoms with E-state index in [1.807, 2.05) is 30.3 Å². The van der Waals surface area contributed by atoms with E-state index in [0.717, 1.165) is 63.5 Å². The molecule has 3 amide bonds. The van der Waals surface area contributed by atoms with Crippen LogP contribution in [0.3, 0.4) is 0 Å². The van der Waals surface area contributed by atoms with Gasteiger partial charge >= 0.3 is 6.03 Å². The monoisotopic (exact) mass is 593 g/mol. The zero-order chi connectivity index (χ0) is 28.3. The number of nitrogens with one attached hydrogen (secondary N) is 3. The number of hydrogen-bond donors (Lipinski definition) is 3. The van der Waals surface area contributed by atoms with Gasteiger partial charge in [-0.1, -0.05) is 35.3 Å². The van der Waals surface area contributed by atoms with Crippen LogP contribution in [0.2, 0.25) is 5.02 Å². The number of benzene rings is 2. The van der Waals surface area contributed by atoms with E-state index in [0.29, 0.717) is 27.0 Å². The number of hydrogen-bond acceptors (Lipinski definition) is 6. The van der Waals surface area contributed by atoms with Crippen molar-refractivity contribution in [1.82, 2.24) is 15.1 Å². The average Bonchev–Trinajstić information content (AvgIpc) is 2.92.